The Balaban J connectivity index is 1.66. The Hall–Kier alpha value is -2.27. The summed E-state index contributed by atoms with van der Waals surface area (Å²) in [6.45, 7) is 0.428. The summed E-state index contributed by atoms with van der Waals surface area (Å²) in [5.41, 5.74) is 1.06. The van der Waals surface area contributed by atoms with E-state index in [1.165, 1.54) is 6.07 Å². The van der Waals surface area contributed by atoms with Crippen LogP contribution < -0.4 is 14.8 Å². The lowest BCUT2D eigenvalue weighted by Crippen LogP contribution is -2.13. The number of aliphatic hydroxyl groups excluding tert-OH is 1. The zero-order valence-corrected chi connectivity index (χ0v) is 10.7. The fraction of sp³-hybridized carbons (Fsp3) is 0.200. The van der Waals surface area contributed by atoms with Crippen LogP contribution >= 0.6 is 0 Å². The van der Waals surface area contributed by atoms with E-state index in [1.54, 1.807) is 30.3 Å². The zero-order valence-electron chi connectivity index (χ0n) is 10.7. The molecule has 0 saturated carbocycles. The first-order valence-corrected chi connectivity index (χ1v) is 6.30. The van der Waals surface area contributed by atoms with Crippen LogP contribution in [0.3, 0.4) is 0 Å². The number of halogens is 1. The van der Waals surface area contributed by atoms with Crippen LogP contribution in [0.25, 0.3) is 0 Å². The van der Waals surface area contributed by atoms with Crippen LogP contribution in [-0.4, -0.2) is 18.4 Å². The van der Waals surface area contributed by atoms with E-state index in [0.717, 1.165) is 5.69 Å². The molecule has 1 aliphatic rings. The minimum Gasteiger partial charge on any atom is -0.454 e. The number of aliphatic hydroxyl groups is 1. The molecule has 2 aromatic carbocycles. The van der Waals surface area contributed by atoms with E-state index in [1.807, 2.05) is 6.07 Å². The van der Waals surface area contributed by atoms with Crippen LogP contribution in [0.5, 0.6) is 11.5 Å². The predicted molar refractivity (Wildman–Crippen MR) is 72.4 cm³/mol. The number of hydrogen-bond acceptors (Lipinski definition) is 4. The lowest BCUT2D eigenvalue weighted by molar-refractivity contribution is 0.174. The molecule has 4 nitrogen and oxygen atoms in total. The van der Waals surface area contributed by atoms with Gasteiger partial charge in [-0.25, -0.2) is 4.39 Å². The van der Waals surface area contributed by atoms with Gasteiger partial charge in [0.05, 0.1) is 6.10 Å². The van der Waals surface area contributed by atoms with Crippen molar-refractivity contribution in [3.63, 3.8) is 0 Å². The minimum atomic E-state index is -0.915. The number of nitrogens with one attached hydrogen (secondary N) is 1. The molecule has 1 aliphatic heterocycles. The van der Waals surface area contributed by atoms with Crippen LogP contribution in [-0.2, 0) is 0 Å². The molecule has 0 spiro atoms. The average Bonchev–Trinajstić information content (AvgIpc) is 2.92. The van der Waals surface area contributed by atoms with Crippen molar-refractivity contribution in [2.75, 3.05) is 18.7 Å². The van der Waals surface area contributed by atoms with Gasteiger partial charge in [-0.2, -0.15) is 0 Å². The van der Waals surface area contributed by atoms with Gasteiger partial charge in [0.1, 0.15) is 5.82 Å². The molecule has 1 heterocycles. The highest BCUT2D eigenvalue weighted by molar-refractivity contribution is 5.55. The minimum absolute atomic E-state index is 0.209. The van der Waals surface area contributed by atoms with Crippen LogP contribution in [0.15, 0.2) is 42.5 Å². The first-order chi connectivity index (χ1) is 9.74. The highest BCUT2D eigenvalue weighted by Gasteiger charge is 2.15. The number of anilines is 1. The Kier molecular flexibility index (Phi) is 3.43. The SMILES string of the molecule is OC(CNc1ccc2c(c1)OCO2)c1ccccc1F. The predicted octanol–water partition coefficient (Wildman–Crippen LogP) is 2.70. The van der Waals surface area contributed by atoms with Crippen LogP contribution in [0.4, 0.5) is 10.1 Å². The lowest BCUT2D eigenvalue weighted by atomic mass is 10.1. The Morgan fingerprint density at radius 1 is 1.15 bits per heavy atom. The number of benzene rings is 2. The van der Waals surface area contributed by atoms with Gasteiger partial charge < -0.3 is 19.9 Å². The van der Waals surface area contributed by atoms with Crippen molar-refractivity contribution < 1.29 is 19.0 Å². The van der Waals surface area contributed by atoms with Crippen molar-refractivity contribution in [1.29, 1.82) is 0 Å². The molecule has 2 N–H and O–H groups in total. The molecule has 0 fully saturated rings. The van der Waals surface area contributed by atoms with Gasteiger partial charge in [0.25, 0.3) is 0 Å². The molecule has 1 atom stereocenters. The van der Waals surface area contributed by atoms with Gasteiger partial charge >= 0.3 is 0 Å². The standard InChI is InChI=1S/C15H14FNO3/c16-12-4-2-1-3-11(12)13(18)8-17-10-5-6-14-15(7-10)20-9-19-14/h1-7,13,17-18H,8-9H2. The number of rotatable bonds is 4. The van der Waals surface area contributed by atoms with Crippen molar-refractivity contribution in [3.05, 3.63) is 53.8 Å². The summed E-state index contributed by atoms with van der Waals surface area (Å²) < 4.78 is 24.0. The van der Waals surface area contributed by atoms with Gasteiger partial charge in [-0.3, -0.25) is 0 Å². The number of ether oxygens (including phenoxy) is 2. The van der Waals surface area contributed by atoms with Crippen LogP contribution in [0.1, 0.15) is 11.7 Å². The Morgan fingerprint density at radius 3 is 2.80 bits per heavy atom. The van der Waals surface area contributed by atoms with Gasteiger partial charge in [-0.1, -0.05) is 18.2 Å². The Labute approximate surface area is 115 Å². The highest BCUT2D eigenvalue weighted by atomic mass is 19.1. The first-order valence-electron chi connectivity index (χ1n) is 6.30. The van der Waals surface area contributed by atoms with E-state index >= 15 is 0 Å². The summed E-state index contributed by atoms with van der Waals surface area (Å²) in [6, 6.07) is 11.6. The molecule has 0 bridgehead atoms. The number of fused-ring (bicyclic) bond motifs is 1. The third-order valence-corrected chi connectivity index (χ3v) is 3.14. The molecule has 20 heavy (non-hydrogen) atoms. The maximum atomic E-state index is 13.5. The summed E-state index contributed by atoms with van der Waals surface area (Å²) in [5, 5.41) is 13.0. The van der Waals surface area contributed by atoms with Gasteiger partial charge in [0.15, 0.2) is 11.5 Å². The second kappa shape index (κ2) is 5.38. The smallest absolute Gasteiger partial charge is 0.231 e. The van der Waals surface area contributed by atoms with Gasteiger partial charge in [-0.05, 0) is 18.2 Å². The molecule has 0 radical (unpaired) electrons. The largest absolute Gasteiger partial charge is 0.454 e. The highest BCUT2D eigenvalue weighted by Crippen LogP contribution is 2.34. The molecule has 3 rings (SSSR count). The normalized spacial score (nSPS) is 14.1. The van der Waals surface area contributed by atoms with Crippen molar-refractivity contribution in [1.82, 2.24) is 0 Å². The van der Waals surface area contributed by atoms with Gasteiger partial charge in [0, 0.05) is 23.9 Å². The molecule has 0 amide bonds. The van der Waals surface area contributed by atoms with E-state index < -0.39 is 11.9 Å². The fourth-order valence-corrected chi connectivity index (χ4v) is 2.08. The van der Waals surface area contributed by atoms with Crippen LogP contribution in [0, 0.1) is 5.82 Å². The summed E-state index contributed by atoms with van der Waals surface area (Å²) in [6.07, 6.45) is -0.915. The second-order valence-corrected chi connectivity index (χ2v) is 4.49. The maximum Gasteiger partial charge on any atom is 0.231 e. The Morgan fingerprint density at radius 2 is 1.95 bits per heavy atom. The third kappa shape index (κ3) is 2.53. The topological polar surface area (TPSA) is 50.7 Å². The fourth-order valence-electron chi connectivity index (χ4n) is 2.08. The zero-order chi connectivity index (χ0) is 13.9. The molecule has 0 saturated heterocycles. The van der Waals surface area contributed by atoms with E-state index in [9.17, 15) is 9.50 Å². The summed E-state index contributed by atoms with van der Waals surface area (Å²) >= 11 is 0. The summed E-state index contributed by atoms with van der Waals surface area (Å²) in [4.78, 5) is 0. The van der Waals surface area contributed by atoms with E-state index in [-0.39, 0.29) is 18.9 Å². The lowest BCUT2D eigenvalue weighted by Gasteiger charge is -2.14. The molecular weight excluding hydrogens is 261 g/mol. The quantitative estimate of drug-likeness (QED) is 0.900. The third-order valence-electron chi connectivity index (χ3n) is 3.14. The summed E-state index contributed by atoms with van der Waals surface area (Å²) in [7, 11) is 0. The monoisotopic (exact) mass is 275 g/mol. The molecule has 5 heteroatoms. The van der Waals surface area contributed by atoms with Crippen molar-refractivity contribution in [2.24, 2.45) is 0 Å². The van der Waals surface area contributed by atoms with Gasteiger partial charge in [-0.15, -0.1) is 0 Å². The molecule has 2 aromatic rings. The van der Waals surface area contributed by atoms with Crippen LogP contribution in [0.2, 0.25) is 0 Å². The summed E-state index contributed by atoms with van der Waals surface area (Å²) in [5.74, 6) is 0.952. The molecular formula is C15H14FNO3. The van der Waals surface area contributed by atoms with Crippen molar-refractivity contribution >= 4 is 5.69 Å². The average molecular weight is 275 g/mol. The van der Waals surface area contributed by atoms with E-state index in [4.69, 9.17) is 9.47 Å². The molecule has 104 valence electrons. The molecule has 0 aliphatic carbocycles. The van der Waals surface area contributed by atoms with E-state index in [2.05, 4.69) is 5.32 Å². The number of hydrogen-bond donors (Lipinski definition) is 2. The maximum absolute atomic E-state index is 13.5. The van der Waals surface area contributed by atoms with Crippen molar-refractivity contribution in [3.8, 4) is 11.5 Å². The van der Waals surface area contributed by atoms with Gasteiger partial charge in [0.2, 0.25) is 6.79 Å². The first kappa shape index (κ1) is 12.7. The van der Waals surface area contributed by atoms with Crippen molar-refractivity contribution in [2.45, 2.75) is 6.10 Å². The van der Waals surface area contributed by atoms with E-state index in [0.29, 0.717) is 11.5 Å². The second-order valence-electron chi connectivity index (χ2n) is 4.49. The Bertz CT molecular complexity index is 618. The molecule has 1 unspecified atom stereocenters. The molecule has 0 aromatic heterocycles.